The molecule has 10 heteroatoms. The minimum absolute atomic E-state index is 0.112. The summed E-state index contributed by atoms with van der Waals surface area (Å²) in [5.74, 6) is -0.321. The van der Waals surface area contributed by atoms with Crippen molar-refractivity contribution in [2.75, 3.05) is 10.6 Å². The van der Waals surface area contributed by atoms with E-state index in [1.807, 2.05) is 42.1 Å². The van der Waals surface area contributed by atoms with Crippen molar-refractivity contribution in [2.45, 2.75) is 32.7 Å². The zero-order valence-corrected chi connectivity index (χ0v) is 18.1. The number of nitrogens with zero attached hydrogens (tertiary/aromatic N) is 4. The van der Waals surface area contributed by atoms with Gasteiger partial charge in [0.25, 0.3) is 0 Å². The maximum absolute atomic E-state index is 12.4. The molecule has 4 aromatic heterocycles. The molecule has 8 nitrogen and oxygen atoms in total. The summed E-state index contributed by atoms with van der Waals surface area (Å²) >= 11 is 2.84. The molecule has 0 fully saturated rings. The van der Waals surface area contributed by atoms with Gasteiger partial charge < -0.3 is 10.6 Å². The predicted octanol–water partition coefficient (Wildman–Crippen LogP) is 3.89. The zero-order chi connectivity index (χ0) is 21.1. The van der Waals surface area contributed by atoms with Crippen molar-refractivity contribution < 1.29 is 9.59 Å². The number of rotatable bonds is 7. The van der Waals surface area contributed by atoms with Crippen LogP contribution in [0.2, 0.25) is 0 Å². The molecule has 0 aromatic carbocycles. The molecular weight excluding hydrogens is 420 g/mol. The first-order valence-electron chi connectivity index (χ1n) is 9.37. The molecule has 4 heterocycles. The number of hydrogen-bond donors (Lipinski definition) is 2. The average molecular weight is 441 g/mol. The number of carbonyl (C=O) groups is 2. The van der Waals surface area contributed by atoms with Crippen LogP contribution >= 0.6 is 22.7 Å². The Bertz CT molecular complexity index is 1180. The Morgan fingerprint density at radius 3 is 2.73 bits per heavy atom. The summed E-state index contributed by atoms with van der Waals surface area (Å²) in [6, 6.07) is 5.89. The van der Waals surface area contributed by atoms with Crippen LogP contribution in [0.3, 0.4) is 0 Å². The van der Waals surface area contributed by atoms with Crippen LogP contribution in [-0.2, 0) is 22.4 Å². The highest BCUT2D eigenvalue weighted by molar-refractivity contribution is 7.14. The van der Waals surface area contributed by atoms with E-state index in [0.29, 0.717) is 22.9 Å². The standard InChI is InChI=1S/C20H20N6O2S2/c1-12(2)26-19-13(9-22-26)6-14(10-21-19)23-17(27)7-15-11-30-20(24-15)25-18(28)8-16-4-3-5-29-16/h3-6,9-12H,7-8H2,1-2H3,(H,23,27)(H,24,25,28). The van der Waals surface area contributed by atoms with Gasteiger partial charge in [-0.05, 0) is 31.4 Å². The number of anilines is 2. The van der Waals surface area contributed by atoms with Crippen LogP contribution in [0, 0.1) is 0 Å². The van der Waals surface area contributed by atoms with Crippen molar-refractivity contribution >= 4 is 56.3 Å². The second-order valence-corrected chi connectivity index (χ2v) is 8.88. The number of aromatic nitrogens is 4. The molecule has 4 rings (SSSR count). The Kier molecular flexibility index (Phi) is 5.86. The summed E-state index contributed by atoms with van der Waals surface area (Å²) in [4.78, 5) is 34.2. The molecule has 0 aliphatic heterocycles. The zero-order valence-electron chi connectivity index (χ0n) is 16.5. The van der Waals surface area contributed by atoms with Gasteiger partial charge in [-0.25, -0.2) is 14.6 Å². The SMILES string of the molecule is CC(C)n1ncc2cc(NC(=O)Cc3csc(NC(=O)Cc4cccs4)n3)cnc21. The fourth-order valence-corrected chi connectivity index (χ4v) is 4.37. The van der Waals surface area contributed by atoms with Crippen molar-refractivity contribution in [1.29, 1.82) is 0 Å². The first-order chi connectivity index (χ1) is 14.5. The van der Waals surface area contributed by atoms with Crippen LogP contribution in [0.4, 0.5) is 10.8 Å². The predicted molar refractivity (Wildman–Crippen MR) is 119 cm³/mol. The van der Waals surface area contributed by atoms with Crippen LogP contribution < -0.4 is 10.6 Å². The molecule has 0 saturated carbocycles. The minimum atomic E-state index is -0.200. The maximum Gasteiger partial charge on any atom is 0.231 e. The van der Waals surface area contributed by atoms with Gasteiger partial charge in [-0.15, -0.1) is 22.7 Å². The molecule has 2 N–H and O–H groups in total. The maximum atomic E-state index is 12.4. The normalized spacial score (nSPS) is 11.2. The van der Waals surface area contributed by atoms with E-state index in [9.17, 15) is 9.59 Å². The third-order valence-electron chi connectivity index (χ3n) is 4.26. The number of thiophene rings is 1. The Labute approximate surface area is 181 Å². The third-order valence-corrected chi connectivity index (χ3v) is 5.94. The van der Waals surface area contributed by atoms with Gasteiger partial charge in [-0.3, -0.25) is 9.59 Å². The summed E-state index contributed by atoms with van der Waals surface area (Å²) in [6.07, 6.45) is 3.79. The number of thiazole rings is 1. The first-order valence-corrected chi connectivity index (χ1v) is 11.1. The smallest absolute Gasteiger partial charge is 0.231 e. The van der Waals surface area contributed by atoms with Crippen LogP contribution in [0.5, 0.6) is 0 Å². The summed E-state index contributed by atoms with van der Waals surface area (Å²) < 4.78 is 1.84. The highest BCUT2D eigenvalue weighted by Gasteiger charge is 2.13. The van der Waals surface area contributed by atoms with Crippen LogP contribution in [0.25, 0.3) is 11.0 Å². The number of hydrogen-bond acceptors (Lipinski definition) is 7. The van der Waals surface area contributed by atoms with Crippen molar-refractivity contribution in [2.24, 2.45) is 0 Å². The summed E-state index contributed by atoms with van der Waals surface area (Å²) in [5.41, 5.74) is 1.99. The van der Waals surface area contributed by atoms with E-state index in [4.69, 9.17) is 0 Å². The molecule has 0 aliphatic rings. The lowest BCUT2D eigenvalue weighted by Crippen LogP contribution is -2.16. The molecule has 0 spiro atoms. The second kappa shape index (κ2) is 8.72. The molecule has 2 amide bonds. The summed E-state index contributed by atoms with van der Waals surface area (Å²) in [6.45, 7) is 4.08. The van der Waals surface area contributed by atoms with Crippen LogP contribution in [0.1, 0.15) is 30.5 Å². The van der Waals surface area contributed by atoms with Gasteiger partial charge in [0.2, 0.25) is 11.8 Å². The fourth-order valence-electron chi connectivity index (χ4n) is 2.94. The van der Waals surface area contributed by atoms with Crippen molar-refractivity contribution in [3.63, 3.8) is 0 Å². The fraction of sp³-hybridized carbons (Fsp3) is 0.250. The molecular formula is C20H20N6O2S2. The monoisotopic (exact) mass is 440 g/mol. The van der Waals surface area contributed by atoms with E-state index in [2.05, 4.69) is 25.7 Å². The lowest BCUT2D eigenvalue weighted by molar-refractivity contribution is -0.116. The molecule has 4 aromatic rings. The highest BCUT2D eigenvalue weighted by atomic mass is 32.1. The Morgan fingerprint density at radius 2 is 1.97 bits per heavy atom. The van der Waals surface area contributed by atoms with Gasteiger partial charge in [-0.1, -0.05) is 6.07 Å². The van der Waals surface area contributed by atoms with Crippen LogP contribution in [-0.4, -0.2) is 31.6 Å². The average Bonchev–Trinajstić information content (AvgIpc) is 3.42. The Hall–Kier alpha value is -3.11. The van der Waals surface area contributed by atoms with Gasteiger partial charge in [0.05, 0.1) is 36.6 Å². The molecule has 0 saturated heterocycles. The van der Waals surface area contributed by atoms with E-state index >= 15 is 0 Å². The molecule has 0 radical (unpaired) electrons. The molecule has 0 aliphatic carbocycles. The number of fused-ring (bicyclic) bond motifs is 1. The third kappa shape index (κ3) is 4.71. The lowest BCUT2D eigenvalue weighted by Gasteiger charge is -2.07. The van der Waals surface area contributed by atoms with E-state index in [-0.39, 0.29) is 24.3 Å². The number of nitrogens with one attached hydrogen (secondary N) is 2. The first kappa shape index (κ1) is 20.2. The molecule has 0 unspecified atom stereocenters. The highest BCUT2D eigenvalue weighted by Crippen LogP contribution is 2.20. The minimum Gasteiger partial charge on any atom is -0.324 e. The van der Waals surface area contributed by atoms with Crippen molar-refractivity contribution in [3.05, 3.63) is 51.9 Å². The number of pyridine rings is 1. The van der Waals surface area contributed by atoms with Crippen LogP contribution in [0.15, 0.2) is 41.4 Å². The molecule has 0 atom stereocenters. The van der Waals surface area contributed by atoms with Crippen molar-refractivity contribution in [1.82, 2.24) is 19.7 Å². The number of amides is 2. The van der Waals surface area contributed by atoms with Gasteiger partial charge in [0.15, 0.2) is 10.8 Å². The second-order valence-electron chi connectivity index (χ2n) is 6.99. The summed E-state index contributed by atoms with van der Waals surface area (Å²) in [7, 11) is 0. The van der Waals surface area contributed by atoms with Gasteiger partial charge in [0, 0.05) is 21.7 Å². The Balaban J connectivity index is 1.34. The number of carbonyl (C=O) groups excluding carboxylic acids is 2. The van der Waals surface area contributed by atoms with E-state index in [1.54, 1.807) is 17.8 Å². The Morgan fingerprint density at radius 1 is 1.13 bits per heavy atom. The molecule has 154 valence electrons. The van der Waals surface area contributed by atoms with E-state index < -0.39 is 0 Å². The summed E-state index contributed by atoms with van der Waals surface area (Å²) in [5, 5.41) is 15.0. The van der Waals surface area contributed by atoms with E-state index in [0.717, 1.165) is 15.9 Å². The largest absolute Gasteiger partial charge is 0.324 e. The van der Waals surface area contributed by atoms with Crippen molar-refractivity contribution in [3.8, 4) is 0 Å². The van der Waals surface area contributed by atoms with Gasteiger partial charge in [0.1, 0.15) is 0 Å². The van der Waals surface area contributed by atoms with E-state index in [1.165, 1.54) is 22.7 Å². The molecule has 0 bridgehead atoms. The van der Waals surface area contributed by atoms with Gasteiger partial charge >= 0.3 is 0 Å². The van der Waals surface area contributed by atoms with Gasteiger partial charge in [-0.2, -0.15) is 5.10 Å². The lowest BCUT2D eigenvalue weighted by atomic mass is 10.3. The molecule has 30 heavy (non-hydrogen) atoms. The topological polar surface area (TPSA) is 102 Å². The quantitative estimate of drug-likeness (QED) is 0.454.